The van der Waals surface area contributed by atoms with E-state index in [0.717, 1.165) is 4.83 Å². The normalized spacial score (nSPS) is 17.2. The second-order valence-electron chi connectivity index (χ2n) is 5.44. The lowest BCUT2D eigenvalue weighted by molar-refractivity contribution is 0.0312. The molecule has 1 amide bonds. The lowest BCUT2D eigenvalue weighted by atomic mass is 9.88. The van der Waals surface area contributed by atoms with Gasteiger partial charge in [0.1, 0.15) is 22.4 Å². The van der Waals surface area contributed by atoms with Gasteiger partial charge in [-0.25, -0.2) is 15.0 Å². The van der Waals surface area contributed by atoms with E-state index in [1.807, 2.05) is 5.38 Å². The first-order valence-corrected chi connectivity index (χ1v) is 8.24. The largest absolute Gasteiger partial charge is 0.381 e. The van der Waals surface area contributed by atoms with E-state index >= 15 is 0 Å². The topological polar surface area (TPSA) is 81.4 Å². The minimum atomic E-state index is -0.592. The number of carbonyl (C=O) groups is 1. The summed E-state index contributed by atoms with van der Waals surface area (Å²) in [6.07, 6.45) is 8.09. The van der Waals surface area contributed by atoms with Crippen LogP contribution >= 0.6 is 11.3 Å². The van der Waals surface area contributed by atoms with Crippen LogP contribution in [0, 0.1) is 0 Å². The second-order valence-corrected chi connectivity index (χ2v) is 6.33. The summed E-state index contributed by atoms with van der Waals surface area (Å²) in [4.78, 5) is 26.6. The van der Waals surface area contributed by atoms with Crippen LogP contribution in [0.15, 0.2) is 36.4 Å². The highest BCUT2D eigenvalue weighted by molar-refractivity contribution is 7.15. The Labute approximate surface area is 136 Å². The maximum absolute atomic E-state index is 12.8. The Morgan fingerprint density at radius 3 is 2.87 bits per heavy atom. The van der Waals surface area contributed by atoms with E-state index in [9.17, 15) is 4.79 Å². The van der Waals surface area contributed by atoms with Crippen LogP contribution in [0.5, 0.6) is 0 Å². The van der Waals surface area contributed by atoms with Crippen molar-refractivity contribution in [2.75, 3.05) is 13.2 Å². The van der Waals surface area contributed by atoms with Crippen molar-refractivity contribution >= 4 is 22.1 Å². The molecule has 7 nitrogen and oxygen atoms in total. The number of aromatic nitrogens is 4. The molecule has 3 aromatic rings. The second kappa shape index (κ2) is 5.71. The van der Waals surface area contributed by atoms with Gasteiger partial charge >= 0.3 is 0 Å². The lowest BCUT2D eigenvalue weighted by Gasteiger charge is -2.36. The van der Waals surface area contributed by atoms with Crippen molar-refractivity contribution in [1.29, 1.82) is 0 Å². The third-order valence-corrected chi connectivity index (χ3v) is 4.97. The molecule has 1 fully saturated rings. The third kappa shape index (κ3) is 2.49. The zero-order chi connectivity index (χ0) is 15.7. The van der Waals surface area contributed by atoms with Gasteiger partial charge < -0.3 is 10.1 Å². The van der Waals surface area contributed by atoms with Gasteiger partial charge in [-0.2, -0.15) is 0 Å². The van der Waals surface area contributed by atoms with Gasteiger partial charge in [0.15, 0.2) is 5.82 Å². The summed E-state index contributed by atoms with van der Waals surface area (Å²) in [5.74, 6) is 0.484. The van der Waals surface area contributed by atoms with Gasteiger partial charge in [-0.3, -0.25) is 9.20 Å². The molecule has 0 spiro atoms. The molecule has 0 unspecified atom stereocenters. The number of hydrogen-bond donors (Lipinski definition) is 1. The first-order chi connectivity index (χ1) is 11.3. The van der Waals surface area contributed by atoms with Gasteiger partial charge in [-0.15, -0.1) is 11.3 Å². The monoisotopic (exact) mass is 329 g/mol. The highest BCUT2D eigenvalue weighted by Gasteiger charge is 2.39. The van der Waals surface area contributed by atoms with E-state index in [1.54, 1.807) is 35.4 Å². The van der Waals surface area contributed by atoms with Crippen LogP contribution in [0.4, 0.5) is 0 Å². The molecule has 1 saturated heterocycles. The molecule has 23 heavy (non-hydrogen) atoms. The maximum Gasteiger partial charge on any atom is 0.269 e. The Balaban J connectivity index is 1.68. The van der Waals surface area contributed by atoms with Crippen molar-refractivity contribution in [1.82, 2.24) is 24.7 Å². The molecule has 1 aliphatic rings. The van der Waals surface area contributed by atoms with Gasteiger partial charge in [0, 0.05) is 43.8 Å². The Bertz CT molecular complexity index is 823. The van der Waals surface area contributed by atoms with Gasteiger partial charge in [-0.05, 0) is 6.07 Å². The van der Waals surface area contributed by atoms with E-state index in [-0.39, 0.29) is 5.91 Å². The zero-order valence-corrected chi connectivity index (χ0v) is 13.1. The Morgan fingerprint density at radius 2 is 2.09 bits per heavy atom. The molecule has 4 heterocycles. The summed E-state index contributed by atoms with van der Waals surface area (Å²) >= 11 is 1.49. The van der Waals surface area contributed by atoms with Crippen LogP contribution in [0.3, 0.4) is 0 Å². The number of hydrogen-bond acceptors (Lipinski definition) is 6. The summed E-state index contributed by atoms with van der Waals surface area (Å²) < 4.78 is 7.25. The van der Waals surface area contributed by atoms with Crippen molar-refractivity contribution in [2.45, 2.75) is 18.4 Å². The SMILES string of the molecule is O=C(NC1(c2ncccn2)CCOCC1)c1csc2cncn12. The van der Waals surface area contributed by atoms with Crippen LogP contribution in [-0.2, 0) is 10.3 Å². The third-order valence-electron chi connectivity index (χ3n) is 4.08. The molecule has 1 N–H and O–H groups in total. The molecule has 118 valence electrons. The molecule has 0 atom stereocenters. The molecule has 0 aliphatic carbocycles. The molecule has 0 aromatic carbocycles. The molecule has 0 radical (unpaired) electrons. The average molecular weight is 329 g/mol. The minimum Gasteiger partial charge on any atom is -0.381 e. The molecular weight excluding hydrogens is 314 g/mol. The predicted octanol–water partition coefficient (Wildman–Crippen LogP) is 1.62. The summed E-state index contributed by atoms with van der Waals surface area (Å²) in [6, 6.07) is 1.77. The first-order valence-electron chi connectivity index (χ1n) is 7.36. The minimum absolute atomic E-state index is 0.149. The fourth-order valence-corrected chi connectivity index (χ4v) is 3.67. The van der Waals surface area contributed by atoms with E-state index < -0.39 is 5.54 Å². The summed E-state index contributed by atoms with van der Waals surface area (Å²) in [6.45, 7) is 1.14. The number of thiazole rings is 1. The fourth-order valence-electron chi connectivity index (χ4n) is 2.84. The van der Waals surface area contributed by atoms with Crippen molar-refractivity contribution in [3.05, 3.63) is 47.9 Å². The lowest BCUT2D eigenvalue weighted by Crippen LogP contribution is -2.50. The van der Waals surface area contributed by atoms with E-state index in [2.05, 4.69) is 20.3 Å². The van der Waals surface area contributed by atoms with Gasteiger partial charge in [-0.1, -0.05) is 0 Å². The van der Waals surface area contributed by atoms with Crippen LogP contribution in [0.2, 0.25) is 0 Å². The zero-order valence-electron chi connectivity index (χ0n) is 12.3. The first kappa shape index (κ1) is 14.3. The standard InChI is InChI=1S/C15H15N5O2S/c21-13(11-9-23-12-8-16-10-20(11)12)19-15(2-6-22-7-3-15)14-17-4-1-5-18-14/h1,4-5,8-10H,2-3,6-7H2,(H,19,21). The molecule has 0 saturated carbocycles. The molecule has 0 bridgehead atoms. The van der Waals surface area contributed by atoms with Gasteiger partial charge in [0.25, 0.3) is 5.91 Å². The van der Waals surface area contributed by atoms with Crippen LogP contribution in [0.1, 0.15) is 29.2 Å². The van der Waals surface area contributed by atoms with Crippen LogP contribution < -0.4 is 5.32 Å². The van der Waals surface area contributed by atoms with E-state index in [0.29, 0.717) is 37.6 Å². The smallest absolute Gasteiger partial charge is 0.269 e. The molecular formula is C15H15N5O2S. The summed E-state index contributed by atoms with van der Waals surface area (Å²) in [7, 11) is 0. The Hall–Kier alpha value is -2.32. The number of nitrogens with one attached hydrogen (secondary N) is 1. The number of rotatable bonds is 3. The fraction of sp³-hybridized carbons (Fsp3) is 0.333. The van der Waals surface area contributed by atoms with Crippen molar-refractivity contribution in [3.8, 4) is 0 Å². The average Bonchev–Trinajstić information content (AvgIpc) is 3.19. The number of ether oxygens (including phenoxy) is 1. The quantitative estimate of drug-likeness (QED) is 0.790. The van der Waals surface area contributed by atoms with Gasteiger partial charge in [0.05, 0.1) is 6.20 Å². The number of carbonyl (C=O) groups excluding carboxylic acids is 1. The van der Waals surface area contributed by atoms with E-state index in [1.165, 1.54) is 11.3 Å². The number of amides is 1. The van der Waals surface area contributed by atoms with Crippen molar-refractivity contribution < 1.29 is 9.53 Å². The van der Waals surface area contributed by atoms with Crippen LogP contribution in [0.25, 0.3) is 4.83 Å². The van der Waals surface area contributed by atoms with E-state index in [4.69, 9.17) is 4.74 Å². The molecule has 8 heteroatoms. The van der Waals surface area contributed by atoms with Gasteiger partial charge in [0.2, 0.25) is 0 Å². The highest BCUT2D eigenvalue weighted by atomic mass is 32.1. The summed E-state index contributed by atoms with van der Waals surface area (Å²) in [5, 5.41) is 4.99. The van der Waals surface area contributed by atoms with Crippen molar-refractivity contribution in [2.24, 2.45) is 0 Å². The highest BCUT2D eigenvalue weighted by Crippen LogP contribution is 2.30. The number of fused-ring (bicyclic) bond motifs is 1. The Kier molecular flexibility index (Phi) is 3.55. The Morgan fingerprint density at radius 1 is 1.30 bits per heavy atom. The molecule has 4 rings (SSSR count). The predicted molar refractivity (Wildman–Crippen MR) is 84.3 cm³/mol. The number of nitrogens with zero attached hydrogens (tertiary/aromatic N) is 4. The van der Waals surface area contributed by atoms with Crippen LogP contribution in [-0.4, -0.2) is 38.5 Å². The maximum atomic E-state index is 12.8. The molecule has 1 aliphatic heterocycles. The van der Waals surface area contributed by atoms with Crippen molar-refractivity contribution in [3.63, 3.8) is 0 Å². The summed E-state index contributed by atoms with van der Waals surface area (Å²) in [5.41, 5.74) is -0.0184. The molecule has 3 aromatic heterocycles. The number of imidazole rings is 1.